The van der Waals surface area contributed by atoms with E-state index in [0.29, 0.717) is 12.8 Å². The molecule has 0 amide bonds. The highest BCUT2D eigenvalue weighted by Crippen LogP contribution is 2.43. The number of esters is 2. The average molecular weight is 784 g/mol. The van der Waals surface area contributed by atoms with Gasteiger partial charge in [0, 0.05) is 19.4 Å². The lowest BCUT2D eigenvalue weighted by molar-refractivity contribution is -0.161. The van der Waals surface area contributed by atoms with E-state index in [4.69, 9.17) is 24.3 Å². The minimum Gasteiger partial charge on any atom is -0.462 e. The number of ether oxygens (including phenoxy) is 2. The second-order valence-corrected chi connectivity index (χ2v) is 13.8. The molecule has 55 heavy (non-hydrogen) atoms. The van der Waals surface area contributed by atoms with Crippen molar-refractivity contribution in [2.75, 3.05) is 26.4 Å². The Balaban J connectivity index is 4.42. The largest absolute Gasteiger partial charge is 0.472 e. The van der Waals surface area contributed by atoms with Crippen molar-refractivity contribution in [2.45, 2.75) is 123 Å². The van der Waals surface area contributed by atoms with Crippen LogP contribution in [-0.2, 0) is 32.7 Å². The minimum absolute atomic E-state index is 0.0294. The molecule has 0 rings (SSSR count). The zero-order valence-corrected chi connectivity index (χ0v) is 34.5. The van der Waals surface area contributed by atoms with Crippen molar-refractivity contribution in [3.8, 4) is 0 Å². The second-order valence-electron chi connectivity index (χ2n) is 12.4. The van der Waals surface area contributed by atoms with Crippen molar-refractivity contribution in [3.63, 3.8) is 0 Å². The standard InChI is InChI=1S/C45H70NO8P/c1-3-5-7-9-11-13-15-17-19-20-21-22-24-25-27-29-31-33-35-37-44(47)51-41-43(42-53-55(49,50)52-40-39-46)54-45(48)38-36-34-32-30-28-26-23-18-16-14-12-10-8-6-4-2/h5-8,11-14,17-19,21-23,25,27-28,30-31,33,43H,3-4,9-10,15-16,20,24,26,29,32,34-42,46H2,1-2H3,(H,49,50)/b7-5-,8-6-,13-11-,14-12-,19-17-,22-21-,23-18-,27-25-,30-28-,33-31-/t43-/m1/s1. The van der Waals surface area contributed by atoms with Crippen molar-refractivity contribution in [2.24, 2.45) is 5.73 Å². The maximum atomic E-state index is 12.5. The lowest BCUT2D eigenvalue weighted by Crippen LogP contribution is -2.29. The molecule has 0 aromatic carbocycles. The number of unbranched alkanes of at least 4 members (excludes halogenated alkanes) is 2. The first-order chi connectivity index (χ1) is 26.8. The second kappa shape index (κ2) is 40.1. The zero-order valence-electron chi connectivity index (χ0n) is 33.6. The predicted octanol–water partition coefficient (Wildman–Crippen LogP) is 11.4. The topological polar surface area (TPSA) is 134 Å². The number of hydrogen-bond acceptors (Lipinski definition) is 8. The molecule has 1 unspecified atom stereocenters. The Kier molecular flexibility index (Phi) is 37.5. The van der Waals surface area contributed by atoms with Gasteiger partial charge in [-0.2, -0.15) is 0 Å². The summed E-state index contributed by atoms with van der Waals surface area (Å²) in [5, 5.41) is 0. The van der Waals surface area contributed by atoms with Gasteiger partial charge in [0.2, 0.25) is 0 Å². The summed E-state index contributed by atoms with van der Waals surface area (Å²) in [6, 6.07) is 0. The van der Waals surface area contributed by atoms with Crippen LogP contribution in [0.4, 0.5) is 0 Å². The number of phosphoric ester groups is 1. The van der Waals surface area contributed by atoms with Crippen molar-refractivity contribution in [3.05, 3.63) is 122 Å². The smallest absolute Gasteiger partial charge is 0.462 e. The number of allylic oxidation sites excluding steroid dienone is 20. The molecule has 2 atom stereocenters. The molecule has 308 valence electrons. The van der Waals surface area contributed by atoms with Crippen LogP contribution in [0.3, 0.4) is 0 Å². The number of hydrogen-bond donors (Lipinski definition) is 2. The monoisotopic (exact) mass is 783 g/mol. The first kappa shape index (κ1) is 51.4. The zero-order chi connectivity index (χ0) is 40.3. The van der Waals surface area contributed by atoms with E-state index in [1.165, 1.54) is 0 Å². The highest BCUT2D eigenvalue weighted by atomic mass is 31.2. The lowest BCUT2D eigenvalue weighted by Gasteiger charge is -2.19. The van der Waals surface area contributed by atoms with Crippen LogP contribution in [0.1, 0.15) is 117 Å². The molecule has 0 aliphatic rings. The summed E-state index contributed by atoms with van der Waals surface area (Å²) in [5.74, 6) is -0.992. The predicted molar refractivity (Wildman–Crippen MR) is 228 cm³/mol. The van der Waals surface area contributed by atoms with Gasteiger partial charge in [-0.1, -0.05) is 135 Å². The third-order valence-corrected chi connectivity index (χ3v) is 8.34. The average Bonchev–Trinajstić information content (AvgIpc) is 3.17. The van der Waals surface area contributed by atoms with Crippen LogP contribution >= 0.6 is 7.82 Å². The summed E-state index contributed by atoms with van der Waals surface area (Å²) in [6.45, 7) is 3.32. The summed E-state index contributed by atoms with van der Waals surface area (Å²) in [5.41, 5.74) is 5.33. The third-order valence-electron chi connectivity index (χ3n) is 7.36. The molecular weight excluding hydrogens is 713 g/mol. The molecule has 0 aliphatic heterocycles. The Labute approximate surface area is 332 Å². The number of carbonyl (C=O) groups excluding carboxylic acids is 2. The Morgan fingerprint density at radius 3 is 1.40 bits per heavy atom. The highest BCUT2D eigenvalue weighted by molar-refractivity contribution is 7.47. The SMILES string of the molecule is CC/C=C\C/C=C\C/C=C\C/C=C\C/C=C\C/C=C\CCC(=O)OC[C@H](COP(=O)(O)OCCN)OC(=O)CCCC/C=C\C/C=C\C/C=C\C/C=C\CC. The number of rotatable bonds is 35. The van der Waals surface area contributed by atoms with Crippen molar-refractivity contribution < 1.29 is 37.6 Å². The number of carbonyl (C=O) groups is 2. The summed E-state index contributed by atoms with van der Waals surface area (Å²) in [7, 11) is -4.41. The first-order valence-electron chi connectivity index (χ1n) is 20.0. The third kappa shape index (κ3) is 39.9. The van der Waals surface area contributed by atoms with Crippen LogP contribution in [0.15, 0.2) is 122 Å². The van der Waals surface area contributed by atoms with Gasteiger partial charge < -0.3 is 20.1 Å². The van der Waals surface area contributed by atoms with Gasteiger partial charge in [-0.25, -0.2) is 4.57 Å². The van der Waals surface area contributed by atoms with Gasteiger partial charge in [0.15, 0.2) is 6.10 Å². The normalized spacial score (nSPS) is 14.6. The summed E-state index contributed by atoms with van der Waals surface area (Å²) in [6.07, 6.45) is 53.9. The summed E-state index contributed by atoms with van der Waals surface area (Å²) < 4.78 is 32.6. The molecule has 0 aromatic heterocycles. The van der Waals surface area contributed by atoms with Crippen LogP contribution in [0.5, 0.6) is 0 Å². The fourth-order valence-corrected chi connectivity index (χ4v) is 5.24. The lowest BCUT2D eigenvalue weighted by atomic mass is 10.2. The quantitative estimate of drug-likeness (QED) is 0.0279. The van der Waals surface area contributed by atoms with E-state index in [2.05, 4.69) is 123 Å². The van der Waals surface area contributed by atoms with Gasteiger partial charge in [-0.05, 0) is 89.9 Å². The minimum atomic E-state index is -4.41. The van der Waals surface area contributed by atoms with Gasteiger partial charge >= 0.3 is 19.8 Å². The van der Waals surface area contributed by atoms with Crippen molar-refractivity contribution >= 4 is 19.8 Å². The molecule has 0 bridgehead atoms. The Morgan fingerprint density at radius 2 is 0.964 bits per heavy atom. The van der Waals surface area contributed by atoms with Crippen LogP contribution < -0.4 is 5.73 Å². The Morgan fingerprint density at radius 1 is 0.545 bits per heavy atom. The van der Waals surface area contributed by atoms with E-state index in [-0.39, 0.29) is 32.6 Å². The molecule has 0 radical (unpaired) electrons. The van der Waals surface area contributed by atoms with E-state index in [1.54, 1.807) is 0 Å². The molecule has 0 aliphatic carbocycles. The van der Waals surface area contributed by atoms with Crippen molar-refractivity contribution in [1.29, 1.82) is 0 Å². The van der Waals surface area contributed by atoms with E-state index in [9.17, 15) is 19.0 Å². The van der Waals surface area contributed by atoms with Crippen LogP contribution in [0.2, 0.25) is 0 Å². The Bertz CT molecular complexity index is 1310. The van der Waals surface area contributed by atoms with Gasteiger partial charge in [-0.3, -0.25) is 18.6 Å². The summed E-state index contributed by atoms with van der Waals surface area (Å²) >= 11 is 0. The highest BCUT2D eigenvalue weighted by Gasteiger charge is 2.25. The van der Waals surface area contributed by atoms with E-state index in [1.807, 2.05) is 12.2 Å². The molecule has 0 fully saturated rings. The van der Waals surface area contributed by atoms with Crippen LogP contribution in [0.25, 0.3) is 0 Å². The summed E-state index contributed by atoms with van der Waals surface area (Å²) in [4.78, 5) is 34.7. The first-order valence-corrected chi connectivity index (χ1v) is 21.5. The fourth-order valence-electron chi connectivity index (χ4n) is 4.47. The van der Waals surface area contributed by atoms with Crippen molar-refractivity contribution in [1.82, 2.24) is 0 Å². The molecule has 10 heteroatoms. The molecule has 0 saturated carbocycles. The van der Waals surface area contributed by atoms with Gasteiger partial charge in [0.25, 0.3) is 0 Å². The number of nitrogens with two attached hydrogens (primary N) is 1. The van der Waals surface area contributed by atoms with E-state index >= 15 is 0 Å². The fraction of sp³-hybridized carbons (Fsp3) is 0.511. The van der Waals surface area contributed by atoms with Crippen LogP contribution in [-0.4, -0.2) is 49.3 Å². The van der Waals surface area contributed by atoms with Gasteiger partial charge in [0.05, 0.1) is 13.2 Å². The molecule has 3 N–H and O–H groups in total. The van der Waals surface area contributed by atoms with E-state index < -0.39 is 32.5 Å². The maximum absolute atomic E-state index is 12.5. The van der Waals surface area contributed by atoms with Crippen LogP contribution in [0, 0.1) is 0 Å². The molecule has 0 spiro atoms. The maximum Gasteiger partial charge on any atom is 0.472 e. The molecule has 0 heterocycles. The van der Waals surface area contributed by atoms with Gasteiger partial charge in [-0.15, -0.1) is 0 Å². The molecule has 9 nitrogen and oxygen atoms in total. The number of phosphoric acid groups is 1. The van der Waals surface area contributed by atoms with E-state index in [0.717, 1.165) is 77.0 Å². The van der Waals surface area contributed by atoms with Gasteiger partial charge in [0.1, 0.15) is 6.61 Å². The molecule has 0 aromatic rings. The molecule has 0 saturated heterocycles. The molecular formula is C45H70NO8P. The Hall–Kier alpha value is -3.59.